The second-order valence-corrected chi connectivity index (χ2v) is 8.00. The molecule has 0 saturated carbocycles. The number of imidazole rings is 1. The number of benzene rings is 2. The number of aliphatic carboxylic acids is 1. The minimum Gasteiger partial charge on any atom is -0.493 e. The minimum absolute atomic E-state index is 0.0613. The molecule has 1 unspecified atom stereocenters. The number of halogens is 3. The fraction of sp³-hybridized carbons (Fsp3) is 0.136. The normalized spacial score (nSPS) is 14.7. The number of aromatic nitrogens is 2. The van der Waals surface area contributed by atoms with E-state index in [9.17, 15) is 19.1 Å². The van der Waals surface area contributed by atoms with E-state index in [1.54, 1.807) is 30.3 Å². The van der Waals surface area contributed by atoms with Crippen molar-refractivity contribution in [1.82, 2.24) is 9.55 Å². The van der Waals surface area contributed by atoms with Gasteiger partial charge in [-0.05, 0) is 36.3 Å². The summed E-state index contributed by atoms with van der Waals surface area (Å²) in [6.07, 6.45) is 2.71. The summed E-state index contributed by atoms with van der Waals surface area (Å²) in [5, 5.41) is 20.4. The molecule has 0 radical (unpaired) electrons. The quantitative estimate of drug-likeness (QED) is 0.463. The SMILES string of the molecule is O=C(O)CCC(c1ccc(Cl)cc1)n1c(O)c(C=C2C=Nc3c2ccc(Cl)c3F)[nH]c1=O. The molecule has 0 aliphatic carbocycles. The second kappa shape index (κ2) is 8.64. The summed E-state index contributed by atoms with van der Waals surface area (Å²) in [7, 11) is 0. The van der Waals surface area contributed by atoms with Crippen molar-refractivity contribution in [3.05, 3.63) is 79.6 Å². The fourth-order valence-corrected chi connectivity index (χ4v) is 3.89. The zero-order chi connectivity index (χ0) is 23.0. The molecule has 0 fully saturated rings. The van der Waals surface area contributed by atoms with Crippen LogP contribution in [-0.4, -0.2) is 31.9 Å². The van der Waals surface area contributed by atoms with Crippen LogP contribution in [0.15, 0.2) is 46.2 Å². The van der Waals surface area contributed by atoms with Crippen LogP contribution >= 0.6 is 23.2 Å². The number of aliphatic imine (C=N–C) groups is 1. The lowest BCUT2D eigenvalue weighted by atomic mass is 10.0. The average Bonchev–Trinajstić information content (AvgIpc) is 3.28. The molecule has 10 heteroatoms. The highest BCUT2D eigenvalue weighted by Gasteiger charge is 2.24. The molecule has 0 amide bonds. The molecule has 2 heterocycles. The van der Waals surface area contributed by atoms with Gasteiger partial charge in [0.1, 0.15) is 11.4 Å². The zero-order valence-electron chi connectivity index (χ0n) is 16.3. The highest BCUT2D eigenvalue weighted by Crippen LogP contribution is 2.38. The summed E-state index contributed by atoms with van der Waals surface area (Å²) in [6.45, 7) is 0. The lowest BCUT2D eigenvalue weighted by Gasteiger charge is -2.18. The van der Waals surface area contributed by atoms with Crippen molar-refractivity contribution in [3.8, 4) is 5.88 Å². The van der Waals surface area contributed by atoms with Crippen LogP contribution in [0, 0.1) is 5.82 Å². The van der Waals surface area contributed by atoms with Gasteiger partial charge in [-0.1, -0.05) is 41.4 Å². The highest BCUT2D eigenvalue weighted by atomic mass is 35.5. The molecular weight excluding hydrogens is 460 g/mol. The molecular formula is C22H16Cl2FN3O4. The topological polar surface area (TPSA) is 108 Å². The number of fused-ring (bicyclic) bond motifs is 1. The van der Waals surface area contributed by atoms with Gasteiger partial charge in [-0.2, -0.15) is 0 Å². The number of nitrogens with one attached hydrogen (secondary N) is 1. The summed E-state index contributed by atoms with van der Waals surface area (Å²) >= 11 is 11.7. The Bertz CT molecular complexity index is 1330. The fourth-order valence-electron chi connectivity index (χ4n) is 3.61. The molecule has 1 aliphatic heterocycles. The van der Waals surface area contributed by atoms with Gasteiger partial charge in [-0.3, -0.25) is 14.4 Å². The monoisotopic (exact) mass is 475 g/mol. The Morgan fingerprint density at radius 2 is 1.94 bits per heavy atom. The Labute approximate surface area is 191 Å². The highest BCUT2D eigenvalue weighted by molar-refractivity contribution is 6.32. The maximum absolute atomic E-state index is 14.2. The standard InChI is InChI=1S/C22H16Cl2FN3O4/c23-13-3-1-11(2-4-13)17(7-8-18(29)30)28-21(31)16(27-22(28)32)9-12-10-26-20-14(12)5-6-15(24)19(20)25/h1-6,9-10,17,31H,7-8H2,(H,27,32)(H,29,30). The van der Waals surface area contributed by atoms with E-state index in [-0.39, 0.29) is 35.1 Å². The molecule has 1 atom stereocenters. The largest absolute Gasteiger partial charge is 0.493 e. The van der Waals surface area contributed by atoms with Gasteiger partial charge in [0.15, 0.2) is 5.82 Å². The van der Waals surface area contributed by atoms with Crippen LogP contribution in [0.2, 0.25) is 10.0 Å². The maximum Gasteiger partial charge on any atom is 0.329 e. The van der Waals surface area contributed by atoms with Crippen molar-refractivity contribution in [2.45, 2.75) is 18.9 Å². The molecule has 7 nitrogen and oxygen atoms in total. The third kappa shape index (κ3) is 4.06. The number of rotatable bonds is 6. The first-order chi connectivity index (χ1) is 15.3. The predicted molar refractivity (Wildman–Crippen MR) is 121 cm³/mol. The molecule has 1 aromatic heterocycles. The smallest absolute Gasteiger partial charge is 0.329 e. The van der Waals surface area contributed by atoms with E-state index in [0.29, 0.717) is 21.7 Å². The Kier molecular flexibility index (Phi) is 5.90. The van der Waals surface area contributed by atoms with Gasteiger partial charge in [-0.15, -0.1) is 0 Å². The predicted octanol–water partition coefficient (Wildman–Crippen LogP) is 5.04. The molecule has 4 rings (SSSR count). The number of carbonyl (C=O) groups is 1. The number of nitrogens with zero attached hydrogens (tertiary/aromatic N) is 2. The average molecular weight is 476 g/mol. The van der Waals surface area contributed by atoms with Crippen LogP contribution in [0.1, 0.15) is 35.7 Å². The molecule has 3 N–H and O–H groups in total. The van der Waals surface area contributed by atoms with Crippen LogP contribution < -0.4 is 5.69 Å². The number of carboxylic acids is 1. The van der Waals surface area contributed by atoms with E-state index in [0.717, 1.165) is 4.57 Å². The van der Waals surface area contributed by atoms with Gasteiger partial charge >= 0.3 is 11.7 Å². The van der Waals surface area contributed by atoms with Crippen LogP contribution in [-0.2, 0) is 4.79 Å². The van der Waals surface area contributed by atoms with Crippen LogP contribution in [0.25, 0.3) is 11.6 Å². The van der Waals surface area contributed by atoms with Gasteiger partial charge in [0.25, 0.3) is 0 Å². The Morgan fingerprint density at radius 1 is 1.22 bits per heavy atom. The van der Waals surface area contributed by atoms with Crippen LogP contribution in [0.4, 0.5) is 10.1 Å². The molecule has 32 heavy (non-hydrogen) atoms. The Hall–Kier alpha value is -3.36. The van der Waals surface area contributed by atoms with E-state index in [4.69, 9.17) is 28.3 Å². The molecule has 0 saturated heterocycles. The van der Waals surface area contributed by atoms with E-state index in [1.165, 1.54) is 18.4 Å². The number of carboxylic acid groups (broad SMARTS) is 1. The Morgan fingerprint density at radius 3 is 2.62 bits per heavy atom. The van der Waals surface area contributed by atoms with Gasteiger partial charge in [0.05, 0.1) is 11.1 Å². The van der Waals surface area contributed by atoms with E-state index >= 15 is 0 Å². The van der Waals surface area contributed by atoms with E-state index < -0.39 is 23.5 Å². The molecule has 0 bridgehead atoms. The number of aromatic hydroxyl groups is 1. The Balaban J connectivity index is 1.77. The summed E-state index contributed by atoms with van der Waals surface area (Å²) < 4.78 is 15.3. The van der Waals surface area contributed by atoms with Crippen molar-refractivity contribution in [2.24, 2.45) is 4.99 Å². The summed E-state index contributed by atoms with van der Waals surface area (Å²) in [5.41, 5.74) is 1.06. The molecule has 1 aliphatic rings. The first-order valence-corrected chi connectivity index (χ1v) is 10.3. The van der Waals surface area contributed by atoms with Crippen molar-refractivity contribution in [2.75, 3.05) is 0 Å². The van der Waals surface area contributed by atoms with Gasteiger partial charge in [0.2, 0.25) is 5.88 Å². The van der Waals surface area contributed by atoms with Gasteiger partial charge < -0.3 is 15.2 Å². The molecule has 0 spiro atoms. The van der Waals surface area contributed by atoms with E-state index in [2.05, 4.69) is 9.98 Å². The van der Waals surface area contributed by atoms with Crippen molar-refractivity contribution in [3.63, 3.8) is 0 Å². The van der Waals surface area contributed by atoms with Crippen molar-refractivity contribution in [1.29, 1.82) is 0 Å². The zero-order valence-corrected chi connectivity index (χ0v) is 17.9. The van der Waals surface area contributed by atoms with Crippen LogP contribution in [0.5, 0.6) is 5.88 Å². The summed E-state index contributed by atoms with van der Waals surface area (Å²) in [6, 6.07) is 8.81. The molecule has 164 valence electrons. The number of hydrogen-bond donors (Lipinski definition) is 3. The molecule has 2 aromatic carbocycles. The first kappa shape index (κ1) is 21.9. The minimum atomic E-state index is -1.03. The molecule has 3 aromatic rings. The number of aromatic amines is 1. The third-order valence-corrected chi connectivity index (χ3v) is 5.68. The van der Waals surface area contributed by atoms with Crippen LogP contribution in [0.3, 0.4) is 0 Å². The maximum atomic E-state index is 14.2. The first-order valence-electron chi connectivity index (χ1n) is 9.51. The van der Waals surface area contributed by atoms with E-state index in [1.807, 2.05) is 0 Å². The number of hydrogen-bond acceptors (Lipinski definition) is 4. The van der Waals surface area contributed by atoms with Crippen molar-refractivity contribution >= 4 is 52.7 Å². The number of H-pyrrole nitrogens is 1. The lowest BCUT2D eigenvalue weighted by molar-refractivity contribution is -0.137. The van der Waals surface area contributed by atoms with Gasteiger partial charge in [-0.25, -0.2) is 9.18 Å². The third-order valence-electron chi connectivity index (χ3n) is 5.14. The summed E-state index contributed by atoms with van der Waals surface area (Å²) in [4.78, 5) is 30.5. The lowest BCUT2D eigenvalue weighted by Crippen LogP contribution is -2.23. The second-order valence-electron chi connectivity index (χ2n) is 7.15. The summed E-state index contributed by atoms with van der Waals surface area (Å²) in [5.74, 6) is -2.08. The van der Waals surface area contributed by atoms with Gasteiger partial charge in [0, 0.05) is 28.8 Å². The number of allylic oxidation sites excluding steroid dienone is 1. The van der Waals surface area contributed by atoms with Crippen molar-refractivity contribution < 1.29 is 19.4 Å².